The van der Waals surface area contributed by atoms with Crippen LogP contribution in [-0.4, -0.2) is 15.7 Å². The number of amides is 1. The lowest BCUT2D eigenvalue weighted by atomic mass is 10.2. The molecule has 0 spiro atoms. The summed E-state index contributed by atoms with van der Waals surface area (Å²) in [5, 5.41) is 5.80. The Morgan fingerprint density at radius 2 is 1.76 bits per heavy atom. The highest BCUT2D eigenvalue weighted by Gasteiger charge is 2.39. The van der Waals surface area contributed by atoms with E-state index in [1.54, 1.807) is 12.1 Å². The van der Waals surface area contributed by atoms with Crippen LogP contribution in [0.2, 0.25) is 5.02 Å². The maximum absolute atomic E-state index is 13.0. The van der Waals surface area contributed by atoms with Crippen LogP contribution in [0.15, 0.2) is 64.4 Å². The number of alkyl halides is 3. The van der Waals surface area contributed by atoms with Crippen LogP contribution in [0.4, 0.5) is 18.9 Å². The van der Waals surface area contributed by atoms with E-state index in [0.717, 1.165) is 14.5 Å². The van der Waals surface area contributed by atoms with Gasteiger partial charge >= 0.3 is 6.18 Å². The Kier molecular flexibility index (Phi) is 6.24. The lowest BCUT2D eigenvalue weighted by molar-refractivity contribution is -0.141. The molecule has 0 aliphatic heterocycles. The number of rotatable bonds is 5. The molecule has 1 heterocycles. The molecule has 1 unspecified atom stereocenters. The first kappa shape index (κ1) is 21.3. The van der Waals surface area contributed by atoms with Crippen LogP contribution in [0.5, 0.6) is 0 Å². The molecule has 0 aliphatic carbocycles. The zero-order chi connectivity index (χ0) is 21.2. The Hall–Kier alpha value is -2.45. The SMILES string of the molecule is Cc1c(Cl)c(C(F)(F)F)nn1C(C)C(=O)Nc1ccccc1Sc1ccccc1. The number of aromatic nitrogens is 2. The number of nitrogens with zero attached hydrogens (tertiary/aromatic N) is 2. The molecule has 152 valence electrons. The molecule has 0 saturated carbocycles. The molecule has 29 heavy (non-hydrogen) atoms. The minimum Gasteiger partial charge on any atom is -0.323 e. The first-order chi connectivity index (χ1) is 13.7. The van der Waals surface area contributed by atoms with Gasteiger partial charge in [0.25, 0.3) is 0 Å². The van der Waals surface area contributed by atoms with Gasteiger partial charge in [0.05, 0.1) is 16.4 Å². The van der Waals surface area contributed by atoms with Crippen molar-refractivity contribution in [1.29, 1.82) is 0 Å². The van der Waals surface area contributed by atoms with Crippen LogP contribution in [0.1, 0.15) is 24.4 Å². The summed E-state index contributed by atoms with van der Waals surface area (Å²) in [5.41, 5.74) is -0.560. The van der Waals surface area contributed by atoms with Gasteiger partial charge in [0, 0.05) is 9.79 Å². The summed E-state index contributed by atoms with van der Waals surface area (Å²) in [6.45, 7) is 2.87. The lowest BCUT2D eigenvalue weighted by Gasteiger charge is -2.16. The van der Waals surface area contributed by atoms with Gasteiger partial charge in [0.1, 0.15) is 6.04 Å². The van der Waals surface area contributed by atoms with E-state index in [1.165, 1.54) is 25.6 Å². The summed E-state index contributed by atoms with van der Waals surface area (Å²) in [6.07, 6.45) is -4.69. The number of nitrogens with one attached hydrogen (secondary N) is 1. The number of hydrogen-bond donors (Lipinski definition) is 1. The van der Waals surface area contributed by atoms with Gasteiger partial charge in [-0.05, 0) is 38.1 Å². The quantitative estimate of drug-likeness (QED) is 0.513. The van der Waals surface area contributed by atoms with Crippen molar-refractivity contribution >= 4 is 35.0 Å². The number of carbonyl (C=O) groups is 1. The Balaban J connectivity index is 1.83. The van der Waals surface area contributed by atoms with E-state index >= 15 is 0 Å². The number of hydrogen-bond acceptors (Lipinski definition) is 3. The standard InChI is InChI=1S/C20H17ClF3N3OS/c1-12-17(21)18(20(22,23)24)26-27(12)13(2)19(28)25-15-10-6-7-11-16(15)29-14-8-4-3-5-9-14/h3-11,13H,1-2H3,(H,25,28). The van der Waals surface area contributed by atoms with Crippen molar-refractivity contribution in [3.8, 4) is 0 Å². The Bertz CT molecular complexity index is 1020. The van der Waals surface area contributed by atoms with E-state index in [4.69, 9.17) is 11.6 Å². The predicted molar refractivity (Wildman–Crippen MR) is 107 cm³/mol. The molecule has 0 bridgehead atoms. The van der Waals surface area contributed by atoms with Gasteiger partial charge in [0.2, 0.25) is 5.91 Å². The van der Waals surface area contributed by atoms with Crippen LogP contribution in [0.3, 0.4) is 0 Å². The van der Waals surface area contributed by atoms with Crippen molar-refractivity contribution < 1.29 is 18.0 Å². The first-order valence-corrected chi connectivity index (χ1v) is 9.82. The Morgan fingerprint density at radius 3 is 2.38 bits per heavy atom. The summed E-state index contributed by atoms with van der Waals surface area (Å²) in [5.74, 6) is -0.498. The molecule has 1 atom stereocenters. The molecule has 0 saturated heterocycles. The third kappa shape index (κ3) is 4.76. The second-order valence-corrected chi connectivity index (χ2v) is 7.76. The number of anilines is 1. The summed E-state index contributed by atoms with van der Waals surface area (Å²) >= 11 is 7.25. The van der Waals surface area contributed by atoms with E-state index in [1.807, 2.05) is 42.5 Å². The largest absolute Gasteiger partial charge is 0.436 e. The number of carbonyl (C=O) groups excluding carboxylic acids is 1. The van der Waals surface area contributed by atoms with Crippen molar-refractivity contribution in [2.45, 2.75) is 35.9 Å². The van der Waals surface area contributed by atoms with Crippen LogP contribution >= 0.6 is 23.4 Å². The highest BCUT2D eigenvalue weighted by molar-refractivity contribution is 7.99. The van der Waals surface area contributed by atoms with E-state index in [9.17, 15) is 18.0 Å². The average Bonchev–Trinajstić information content (AvgIpc) is 2.99. The summed E-state index contributed by atoms with van der Waals surface area (Å²) < 4.78 is 40.1. The fraction of sp³-hybridized carbons (Fsp3) is 0.200. The molecule has 0 radical (unpaired) electrons. The smallest absolute Gasteiger partial charge is 0.323 e. The fourth-order valence-corrected chi connectivity index (χ4v) is 3.83. The van der Waals surface area contributed by atoms with Crippen molar-refractivity contribution in [3.63, 3.8) is 0 Å². The van der Waals surface area contributed by atoms with Gasteiger partial charge in [0.15, 0.2) is 5.69 Å². The minimum absolute atomic E-state index is 0.0774. The van der Waals surface area contributed by atoms with Crippen molar-refractivity contribution in [2.75, 3.05) is 5.32 Å². The minimum atomic E-state index is -4.69. The van der Waals surface area contributed by atoms with E-state index in [2.05, 4.69) is 10.4 Å². The highest BCUT2D eigenvalue weighted by atomic mass is 35.5. The van der Waals surface area contributed by atoms with Crippen LogP contribution in [-0.2, 0) is 11.0 Å². The second kappa shape index (κ2) is 8.51. The fourth-order valence-electron chi connectivity index (χ4n) is 2.68. The zero-order valence-corrected chi connectivity index (χ0v) is 17.1. The van der Waals surface area contributed by atoms with Gasteiger partial charge in [-0.2, -0.15) is 18.3 Å². The third-order valence-electron chi connectivity index (χ3n) is 4.21. The van der Waals surface area contributed by atoms with Gasteiger partial charge in [-0.1, -0.05) is 53.7 Å². The first-order valence-electron chi connectivity index (χ1n) is 8.63. The maximum Gasteiger partial charge on any atom is 0.436 e. The normalized spacial score (nSPS) is 12.6. The van der Waals surface area contributed by atoms with E-state index < -0.39 is 28.8 Å². The van der Waals surface area contributed by atoms with Crippen molar-refractivity contribution in [1.82, 2.24) is 9.78 Å². The second-order valence-electron chi connectivity index (χ2n) is 6.27. The molecule has 9 heteroatoms. The monoisotopic (exact) mass is 439 g/mol. The number of benzene rings is 2. The lowest BCUT2D eigenvalue weighted by Crippen LogP contribution is -2.25. The summed E-state index contributed by atoms with van der Waals surface area (Å²) in [4.78, 5) is 14.5. The third-order valence-corrected chi connectivity index (χ3v) is 5.74. The zero-order valence-electron chi connectivity index (χ0n) is 15.5. The van der Waals surface area contributed by atoms with Crippen LogP contribution in [0.25, 0.3) is 0 Å². The van der Waals surface area contributed by atoms with Crippen molar-refractivity contribution in [3.05, 3.63) is 71.0 Å². The molecule has 3 rings (SSSR count). The van der Waals surface area contributed by atoms with E-state index in [-0.39, 0.29) is 5.69 Å². The van der Waals surface area contributed by atoms with Crippen LogP contribution in [0, 0.1) is 6.92 Å². The average molecular weight is 440 g/mol. The molecule has 3 aromatic rings. The van der Waals surface area contributed by atoms with Crippen LogP contribution < -0.4 is 5.32 Å². The summed E-state index contributed by atoms with van der Waals surface area (Å²) in [6, 6.07) is 15.8. The molecule has 1 aromatic heterocycles. The molecular weight excluding hydrogens is 423 g/mol. The molecule has 0 aliphatic rings. The number of halogens is 4. The van der Waals surface area contributed by atoms with Gasteiger partial charge in [-0.25, -0.2) is 0 Å². The van der Waals surface area contributed by atoms with Gasteiger partial charge in [-0.15, -0.1) is 0 Å². The van der Waals surface area contributed by atoms with Gasteiger partial charge in [-0.3, -0.25) is 9.48 Å². The Morgan fingerprint density at radius 1 is 1.14 bits per heavy atom. The molecule has 1 amide bonds. The molecular formula is C20H17ClF3N3OS. The molecule has 2 aromatic carbocycles. The van der Waals surface area contributed by atoms with Crippen molar-refractivity contribution in [2.24, 2.45) is 0 Å². The maximum atomic E-state index is 13.0. The molecule has 0 fully saturated rings. The highest BCUT2D eigenvalue weighted by Crippen LogP contribution is 2.37. The topological polar surface area (TPSA) is 46.9 Å². The molecule has 1 N–H and O–H groups in total. The molecule has 4 nitrogen and oxygen atoms in total. The van der Waals surface area contributed by atoms with Gasteiger partial charge < -0.3 is 5.32 Å². The van der Waals surface area contributed by atoms with E-state index in [0.29, 0.717) is 5.69 Å². The summed E-state index contributed by atoms with van der Waals surface area (Å²) in [7, 11) is 0. The predicted octanol–water partition coefficient (Wildman–Crippen LogP) is 6.21. The Labute approximate surface area is 175 Å². The number of para-hydroxylation sites is 1.